The van der Waals surface area contributed by atoms with Gasteiger partial charge in [-0.25, -0.2) is 4.39 Å². The van der Waals surface area contributed by atoms with Gasteiger partial charge in [0.2, 0.25) is 5.43 Å². The normalized spacial score (nSPS) is 10.5. The Hall–Kier alpha value is -3.28. The molecule has 2 aromatic heterocycles. The molecule has 2 heterocycles. The van der Waals surface area contributed by atoms with Crippen molar-refractivity contribution in [3.8, 4) is 16.8 Å². The summed E-state index contributed by atoms with van der Waals surface area (Å²) in [4.78, 5) is 28.0. The number of amides is 1. The van der Waals surface area contributed by atoms with Crippen molar-refractivity contribution in [2.45, 2.75) is 0 Å². The van der Waals surface area contributed by atoms with E-state index in [2.05, 4.69) is 4.98 Å². The van der Waals surface area contributed by atoms with Crippen LogP contribution in [0.4, 0.5) is 4.39 Å². The molecule has 0 saturated carbocycles. The van der Waals surface area contributed by atoms with Gasteiger partial charge in [-0.2, -0.15) is 0 Å². The molecule has 3 aromatic rings. The van der Waals surface area contributed by atoms with E-state index >= 15 is 0 Å². The highest BCUT2D eigenvalue weighted by Gasteiger charge is 2.14. The number of nitrogens with two attached hydrogens (primary N) is 1. The molecule has 23 heavy (non-hydrogen) atoms. The number of hydrogen-bond donors (Lipinski definition) is 1. The van der Waals surface area contributed by atoms with Gasteiger partial charge in [0.1, 0.15) is 11.4 Å². The highest BCUT2D eigenvalue weighted by molar-refractivity contribution is 5.93. The first kappa shape index (κ1) is 14.6. The summed E-state index contributed by atoms with van der Waals surface area (Å²) < 4.78 is 14.7. The van der Waals surface area contributed by atoms with E-state index in [1.165, 1.54) is 30.5 Å². The van der Waals surface area contributed by atoms with E-state index in [4.69, 9.17) is 5.73 Å². The first-order valence-electron chi connectivity index (χ1n) is 6.79. The fourth-order valence-corrected chi connectivity index (χ4v) is 2.24. The topological polar surface area (TPSA) is 78.0 Å². The van der Waals surface area contributed by atoms with Crippen molar-refractivity contribution in [2.24, 2.45) is 5.73 Å². The van der Waals surface area contributed by atoms with Crippen molar-refractivity contribution in [3.05, 3.63) is 82.8 Å². The Balaban J connectivity index is 2.26. The number of carbonyl (C=O) groups is 1. The van der Waals surface area contributed by atoms with Crippen molar-refractivity contribution < 1.29 is 9.18 Å². The number of hydrogen-bond acceptors (Lipinski definition) is 3. The van der Waals surface area contributed by atoms with Crippen LogP contribution in [0.15, 0.2) is 66.0 Å². The maximum atomic E-state index is 13.1. The third-order valence-electron chi connectivity index (χ3n) is 3.39. The predicted molar refractivity (Wildman–Crippen MR) is 83.7 cm³/mol. The second-order valence-corrected chi connectivity index (χ2v) is 4.90. The lowest BCUT2D eigenvalue weighted by Crippen LogP contribution is -2.24. The van der Waals surface area contributed by atoms with Gasteiger partial charge in [0.15, 0.2) is 0 Å². The van der Waals surface area contributed by atoms with Crippen molar-refractivity contribution in [2.75, 3.05) is 0 Å². The lowest BCUT2D eigenvalue weighted by molar-refractivity contribution is 0.0999. The molecule has 0 unspecified atom stereocenters. The smallest absolute Gasteiger partial charge is 0.254 e. The van der Waals surface area contributed by atoms with Gasteiger partial charge >= 0.3 is 0 Å². The summed E-state index contributed by atoms with van der Waals surface area (Å²) in [6.45, 7) is 0. The Kier molecular flexibility index (Phi) is 3.72. The van der Waals surface area contributed by atoms with Gasteiger partial charge < -0.3 is 10.3 Å². The van der Waals surface area contributed by atoms with E-state index in [0.717, 1.165) is 0 Å². The van der Waals surface area contributed by atoms with Crippen LogP contribution >= 0.6 is 0 Å². The minimum absolute atomic E-state index is 0.143. The number of halogens is 1. The summed E-state index contributed by atoms with van der Waals surface area (Å²) >= 11 is 0. The van der Waals surface area contributed by atoms with E-state index in [1.807, 2.05) is 0 Å². The molecule has 1 aromatic carbocycles. The zero-order chi connectivity index (χ0) is 16.4. The maximum absolute atomic E-state index is 13.1. The SMILES string of the molecule is NC(=O)c1cn(-c2cccnc2)cc(-c2ccc(F)cc2)c1=O. The molecule has 0 aliphatic carbocycles. The van der Waals surface area contributed by atoms with Crippen LogP contribution in [0.1, 0.15) is 10.4 Å². The summed E-state index contributed by atoms with van der Waals surface area (Å²) in [6, 6.07) is 8.96. The Morgan fingerprint density at radius 2 is 1.87 bits per heavy atom. The standard InChI is InChI=1S/C17H12FN3O2/c18-12-5-3-11(4-6-12)14-9-21(13-2-1-7-20-8-13)10-15(16(14)22)17(19)23/h1-10H,(H2,19,23). The van der Waals surface area contributed by atoms with Crippen molar-refractivity contribution >= 4 is 5.91 Å². The molecule has 0 radical (unpaired) electrons. The highest BCUT2D eigenvalue weighted by Crippen LogP contribution is 2.18. The van der Waals surface area contributed by atoms with Crippen LogP contribution in [-0.2, 0) is 0 Å². The van der Waals surface area contributed by atoms with E-state index in [0.29, 0.717) is 11.3 Å². The first-order valence-corrected chi connectivity index (χ1v) is 6.79. The summed E-state index contributed by atoms with van der Waals surface area (Å²) in [5.41, 5.74) is 6.08. The van der Waals surface area contributed by atoms with Crippen molar-refractivity contribution in [1.82, 2.24) is 9.55 Å². The molecule has 0 aliphatic heterocycles. The summed E-state index contributed by atoms with van der Waals surface area (Å²) in [5, 5.41) is 0. The minimum Gasteiger partial charge on any atom is -0.365 e. The lowest BCUT2D eigenvalue weighted by atomic mass is 10.0. The van der Waals surface area contributed by atoms with Gasteiger partial charge in [-0.05, 0) is 29.8 Å². The molecule has 0 spiro atoms. The quantitative estimate of drug-likeness (QED) is 0.805. The van der Waals surface area contributed by atoms with Crippen LogP contribution in [-0.4, -0.2) is 15.5 Å². The van der Waals surface area contributed by atoms with Crippen LogP contribution in [0, 0.1) is 5.82 Å². The third kappa shape index (κ3) is 2.87. The Labute approximate surface area is 130 Å². The minimum atomic E-state index is -0.823. The third-order valence-corrected chi connectivity index (χ3v) is 3.39. The Morgan fingerprint density at radius 3 is 2.48 bits per heavy atom. The number of aromatic nitrogens is 2. The van der Waals surface area contributed by atoms with Crippen molar-refractivity contribution in [3.63, 3.8) is 0 Å². The van der Waals surface area contributed by atoms with Crippen LogP contribution in [0.3, 0.4) is 0 Å². The molecule has 2 N–H and O–H groups in total. The molecular weight excluding hydrogens is 297 g/mol. The van der Waals surface area contributed by atoms with Gasteiger partial charge in [0.25, 0.3) is 5.91 Å². The van der Waals surface area contributed by atoms with Gasteiger partial charge in [0, 0.05) is 24.2 Å². The highest BCUT2D eigenvalue weighted by atomic mass is 19.1. The van der Waals surface area contributed by atoms with Crippen LogP contribution in [0.2, 0.25) is 0 Å². The summed E-state index contributed by atoms with van der Waals surface area (Å²) in [6.07, 6.45) is 6.14. The monoisotopic (exact) mass is 309 g/mol. The van der Waals surface area contributed by atoms with Crippen molar-refractivity contribution in [1.29, 1.82) is 0 Å². The van der Waals surface area contributed by atoms with E-state index < -0.39 is 17.2 Å². The summed E-state index contributed by atoms with van der Waals surface area (Å²) in [7, 11) is 0. The maximum Gasteiger partial charge on any atom is 0.254 e. The number of benzene rings is 1. The first-order chi connectivity index (χ1) is 11.1. The van der Waals surface area contributed by atoms with Crippen LogP contribution in [0.25, 0.3) is 16.8 Å². The Bertz CT molecular complexity index is 919. The number of nitrogens with zero attached hydrogens (tertiary/aromatic N) is 2. The zero-order valence-electron chi connectivity index (χ0n) is 11.9. The van der Waals surface area contributed by atoms with E-state index in [1.54, 1.807) is 35.3 Å². The fourth-order valence-electron chi connectivity index (χ4n) is 2.24. The van der Waals surface area contributed by atoms with Gasteiger partial charge in [-0.15, -0.1) is 0 Å². The molecule has 3 rings (SSSR count). The molecular formula is C17H12FN3O2. The second kappa shape index (κ2) is 5.84. The molecule has 5 nitrogen and oxygen atoms in total. The fraction of sp³-hybridized carbons (Fsp3) is 0. The lowest BCUT2D eigenvalue weighted by Gasteiger charge is -2.11. The average Bonchev–Trinajstić information content (AvgIpc) is 2.56. The second-order valence-electron chi connectivity index (χ2n) is 4.90. The number of pyridine rings is 2. The zero-order valence-corrected chi connectivity index (χ0v) is 11.9. The largest absolute Gasteiger partial charge is 0.365 e. The average molecular weight is 309 g/mol. The van der Waals surface area contributed by atoms with Crippen LogP contribution in [0.5, 0.6) is 0 Å². The predicted octanol–water partition coefficient (Wildman–Crippen LogP) is 2.14. The molecule has 6 heteroatoms. The summed E-state index contributed by atoms with van der Waals surface area (Å²) in [5.74, 6) is -1.23. The van der Waals surface area contributed by atoms with Gasteiger partial charge in [0.05, 0.1) is 11.9 Å². The van der Waals surface area contributed by atoms with Gasteiger partial charge in [-0.1, -0.05) is 12.1 Å². The molecule has 0 bridgehead atoms. The number of carbonyl (C=O) groups excluding carboxylic acids is 1. The van der Waals surface area contributed by atoms with Crippen LogP contribution < -0.4 is 11.2 Å². The number of rotatable bonds is 3. The molecule has 0 atom stereocenters. The molecule has 0 fully saturated rings. The van der Waals surface area contributed by atoms with E-state index in [9.17, 15) is 14.0 Å². The molecule has 0 saturated heterocycles. The van der Waals surface area contributed by atoms with E-state index in [-0.39, 0.29) is 11.1 Å². The molecule has 1 amide bonds. The number of primary amides is 1. The Morgan fingerprint density at radius 1 is 1.13 bits per heavy atom. The van der Waals surface area contributed by atoms with Gasteiger partial charge in [-0.3, -0.25) is 14.6 Å². The molecule has 0 aliphatic rings. The molecule has 114 valence electrons.